The number of anilines is 2. The van der Waals surface area contributed by atoms with Gasteiger partial charge in [-0.3, -0.25) is 5.01 Å². The van der Waals surface area contributed by atoms with Crippen LogP contribution in [0.2, 0.25) is 0 Å². The molecule has 0 radical (unpaired) electrons. The minimum absolute atomic E-state index is 0.111. The fourth-order valence-electron chi connectivity index (χ4n) is 3.20. The second kappa shape index (κ2) is 6.67. The van der Waals surface area contributed by atoms with Crippen molar-refractivity contribution < 1.29 is 0 Å². The molecule has 0 fully saturated rings. The number of nitrogens with zero attached hydrogens (tertiary/aromatic N) is 5. The van der Waals surface area contributed by atoms with E-state index in [1.165, 1.54) is 16.9 Å². The molecule has 25 heavy (non-hydrogen) atoms. The maximum absolute atomic E-state index is 4.78. The van der Waals surface area contributed by atoms with Crippen molar-refractivity contribution in [2.24, 2.45) is 5.10 Å². The zero-order chi connectivity index (χ0) is 18.1. The van der Waals surface area contributed by atoms with Crippen LogP contribution in [-0.4, -0.2) is 58.0 Å². The second-order valence-corrected chi connectivity index (χ2v) is 6.91. The second-order valence-electron chi connectivity index (χ2n) is 6.91. The molecule has 3 rings (SSSR count). The van der Waals surface area contributed by atoms with Crippen molar-refractivity contribution in [1.82, 2.24) is 9.91 Å². The smallest absolute Gasteiger partial charge is 0.157 e. The van der Waals surface area contributed by atoms with Gasteiger partial charge in [-0.25, -0.2) is 0 Å². The molecule has 1 heterocycles. The highest BCUT2D eigenvalue weighted by molar-refractivity contribution is 5.99. The third-order valence-corrected chi connectivity index (χ3v) is 4.66. The topological polar surface area (TPSA) is 25.3 Å². The van der Waals surface area contributed by atoms with Crippen LogP contribution in [0.5, 0.6) is 0 Å². The first-order valence-electron chi connectivity index (χ1n) is 8.48. The van der Waals surface area contributed by atoms with Gasteiger partial charge in [0.25, 0.3) is 0 Å². The summed E-state index contributed by atoms with van der Waals surface area (Å²) in [5.74, 6) is 0.995. The average Bonchev–Trinajstić information content (AvgIpc) is 2.89. The Labute approximate surface area is 150 Å². The molecular weight excluding hydrogens is 310 g/mol. The van der Waals surface area contributed by atoms with Crippen LogP contribution in [-0.2, 0) is 0 Å². The summed E-state index contributed by atoms with van der Waals surface area (Å²) in [7, 11) is 12.3. The number of benzene rings is 2. The maximum atomic E-state index is 4.78. The Balaban J connectivity index is 1.84. The minimum Gasteiger partial charge on any atom is -0.378 e. The summed E-state index contributed by atoms with van der Waals surface area (Å²) in [6.45, 7) is 0. The molecule has 0 amide bonds. The van der Waals surface area contributed by atoms with Crippen molar-refractivity contribution in [3.63, 3.8) is 0 Å². The Bertz CT molecular complexity index is 747. The van der Waals surface area contributed by atoms with Crippen LogP contribution in [0.25, 0.3) is 0 Å². The van der Waals surface area contributed by atoms with Gasteiger partial charge in [-0.15, -0.1) is 0 Å². The van der Waals surface area contributed by atoms with Gasteiger partial charge >= 0.3 is 0 Å². The van der Waals surface area contributed by atoms with E-state index in [1.54, 1.807) is 0 Å². The van der Waals surface area contributed by atoms with Crippen LogP contribution < -0.4 is 9.80 Å². The van der Waals surface area contributed by atoms with E-state index in [0.29, 0.717) is 0 Å². The van der Waals surface area contributed by atoms with Crippen molar-refractivity contribution in [2.45, 2.75) is 6.17 Å². The predicted molar refractivity (Wildman–Crippen MR) is 106 cm³/mol. The largest absolute Gasteiger partial charge is 0.378 e. The number of amidine groups is 1. The summed E-state index contributed by atoms with van der Waals surface area (Å²) in [4.78, 5) is 6.45. The molecule has 0 aliphatic carbocycles. The van der Waals surface area contributed by atoms with Crippen LogP contribution in [0, 0.1) is 0 Å². The molecule has 0 saturated heterocycles. The zero-order valence-electron chi connectivity index (χ0n) is 15.9. The van der Waals surface area contributed by atoms with Crippen molar-refractivity contribution >= 4 is 17.2 Å². The highest BCUT2D eigenvalue weighted by atomic mass is 15.6. The Morgan fingerprint density at radius 3 is 1.72 bits per heavy atom. The predicted octanol–water partition coefficient (Wildman–Crippen LogP) is 3.06. The van der Waals surface area contributed by atoms with Crippen LogP contribution in [0.15, 0.2) is 53.6 Å². The van der Waals surface area contributed by atoms with E-state index in [2.05, 4.69) is 98.5 Å². The molecule has 5 heteroatoms. The molecule has 1 atom stereocenters. The molecule has 5 nitrogen and oxygen atoms in total. The summed E-state index contributed by atoms with van der Waals surface area (Å²) in [6.07, 6.45) is 0.111. The van der Waals surface area contributed by atoms with Crippen molar-refractivity contribution in [3.05, 3.63) is 59.7 Å². The molecule has 0 bridgehead atoms. The molecule has 0 spiro atoms. The first-order valence-corrected chi connectivity index (χ1v) is 8.48. The maximum Gasteiger partial charge on any atom is 0.157 e. The monoisotopic (exact) mass is 337 g/mol. The van der Waals surface area contributed by atoms with Crippen LogP contribution in [0.3, 0.4) is 0 Å². The summed E-state index contributed by atoms with van der Waals surface area (Å²) in [5.41, 5.74) is 4.76. The molecular formula is C20H27N5. The molecule has 0 saturated carbocycles. The van der Waals surface area contributed by atoms with Crippen molar-refractivity contribution in [2.75, 3.05) is 52.1 Å². The summed E-state index contributed by atoms with van der Waals surface area (Å²) in [6, 6.07) is 17.2. The van der Waals surface area contributed by atoms with E-state index < -0.39 is 0 Å². The molecule has 2 aromatic carbocycles. The Hall–Kier alpha value is -2.69. The lowest BCUT2D eigenvalue weighted by Crippen LogP contribution is -2.30. The first kappa shape index (κ1) is 17.1. The zero-order valence-corrected chi connectivity index (χ0v) is 15.9. The van der Waals surface area contributed by atoms with Gasteiger partial charge in [0, 0.05) is 59.2 Å². The quantitative estimate of drug-likeness (QED) is 0.856. The van der Waals surface area contributed by atoms with Gasteiger partial charge in [-0.05, 0) is 42.0 Å². The standard InChI is InChI=1S/C20H27N5/c1-22(2)17-11-7-15(8-12-17)19-21-25(6)20(24(19)5)16-9-13-18(14-10-16)23(3)4/h7-14,20H,1-6H3. The van der Waals surface area contributed by atoms with Crippen LogP contribution >= 0.6 is 0 Å². The van der Waals surface area contributed by atoms with Gasteiger partial charge in [0.2, 0.25) is 0 Å². The number of hydrazone groups is 1. The SMILES string of the molecule is CN(C)c1ccc(C2=NN(C)C(c3ccc(N(C)C)cc3)N2C)cc1. The number of hydrogen-bond donors (Lipinski definition) is 0. The van der Waals surface area contributed by atoms with Crippen LogP contribution in [0.1, 0.15) is 17.3 Å². The van der Waals surface area contributed by atoms with Crippen LogP contribution in [0.4, 0.5) is 11.4 Å². The molecule has 1 unspecified atom stereocenters. The van der Waals surface area contributed by atoms with E-state index in [0.717, 1.165) is 11.4 Å². The first-order chi connectivity index (χ1) is 11.9. The number of hydrogen-bond acceptors (Lipinski definition) is 5. The van der Waals surface area contributed by atoms with E-state index >= 15 is 0 Å². The van der Waals surface area contributed by atoms with Gasteiger partial charge in [0.05, 0.1) is 0 Å². The third kappa shape index (κ3) is 3.27. The fourth-order valence-corrected chi connectivity index (χ4v) is 3.20. The summed E-state index contributed by atoms with van der Waals surface area (Å²) in [5, 5.41) is 6.81. The van der Waals surface area contributed by atoms with Crippen molar-refractivity contribution in [1.29, 1.82) is 0 Å². The summed E-state index contributed by atoms with van der Waals surface area (Å²) >= 11 is 0. The fraction of sp³-hybridized carbons (Fsp3) is 0.350. The third-order valence-electron chi connectivity index (χ3n) is 4.66. The lowest BCUT2D eigenvalue weighted by Gasteiger charge is -2.27. The van der Waals surface area contributed by atoms with Crippen molar-refractivity contribution in [3.8, 4) is 0 Å². The van der Waals surface area contributed by atoms with Gasteiger partial charge in [0.1, 0.15) is 6.17 Å². The minimum atomic E-state index is 0.111. The van der Waals surface area contributed by atoms with E-state index in [9.17, 15) is 0 Å². The summed E-state index contributed by atoms with van der Waals surface area (Å²) < 4.78 is 0. The highest BCUT2D eigenvalue weighted by Crippen LogP contribution is 2.31. The molecule has 1 aliphatic rings. The lowest BCUT2D eigenvalue weighted by atomic mass is 10.1. The average molecular weight is 337 g/mol. The molecule has 132 valence electrons. The Kier molecular flexibility index (Phi) is 4.57. The Morgan fingerprint density at radius 1 is 0.760 bits per heavy atom. The van der Waals surface area contributed by atoms with Gasteiger partial charge in [-0.1, -0.05) is 12.1 Å². The molecule has 0 N–H and O–H groups in total. The van der Waals surface area contributed by atoms with Gasteiger partial charge < -0.3 is 14.7 Å². The van der Waals surface area contributed by atoms with E-state index in [4.69, 9.17) is 5.10 Å². The molecule has 2 aromatic rings. The molecule has 0 aromatic heterocycles. The van der Waals surface area contributed by atoms with Gasteiger partial charge in [-0.2, -0.15) is 5.10 Å². The highest BCUT2D eigenvalue weighted by Gasteiger charge is 2.31. The normalized spacial score (nSPS) is 16.9. The number of rotatable bonds is 4. The lowest BCUT2D eigenvalue weighted by molar-refractivity contribution is 0.183. The van der Waals surface area contributed by atoms with E-state index in [-0.39, 0.29) is 6.17 Å². The van der Waals surface area contributed by atoms with E-state index in [1.807, 2.05) is 12.1 Å². The molecule has 1 aliphatic heterocycles. The van der Waals surface area contributed by atoms with Gasteiger partial charge in [0.15, 0.2) is 5.84 Å². The Morgan fingerprint density at radius 2 is 1.24 bits per heavy atom.